The summed E-state index contributed by atoms with van der Waals surface area (Å²) >= 11 is 0. The van der Waals surface area contributed by atoms with Gasteiger partial charge in [0, 0.05) is 27.9 Å². The lowest BCUT2D eigenvalue weighted by Crippen LogP contribution is -1.78. The number of benzene rings is 2. The lowest BCUT2D eigenvalue weighted by Gasteiger charge is -1.97. The van der Waals surface area contributed by atoms with Crippen LogP contribution in [0.25, 0.3) is 32.7 Å². The van der Waals surface area contributed by atoms with Crippen LogP contribution in [0.1, 0.15) is 0 Å². The first-order valence-electron chi connectivity index (χ1n) is 5.68. The second-order valence-corrected chi connectivity index (χ2v) is 4.24. The smallest absolute Gasteiger partial charge is 0.0964 e. The van der Waals surface area contributed by atoms with Crippen LogP contribution in [0.4, 0.5) is 0 Å². The van der Waals surface area contributed by atoms with E-state index < -0.39 is 0 Å². The van der Waals surface area contributed by atoms with Gasteiger partial charge in [-0.2, -0.15) is 0 Å². The summed E-state index contributed by atoms with van der Waals surface area (Å²) in [5.41, 5.74) is 3.33. The molecule has 80 valence electrons. The third-order valence-electron chi connectivity index (χ3n) is 3.24. The standard InChI is InChI=1S/C15H10N2/c1-2-6-11-10(5-1)9-16-14-12-7-3-4-8-13(12)17-15(11)14/h1-9,17H. The van der Waals surface area contributed by atoms with Crippen LogP contribution in [0.3, 0.4) is 0 Å². The number of nitrogens with one attached hydrogen (secondary N) is 1. The average Bonchev–Trinajstić information content (AvgIpc) is 2.78. The Kier molecular flexibility index (Phi) is 1.59. The summed E-state index contributed by atoms with van der Waals surface area (Å²) in [6.45, 7) is 0. The van der Waals surface area contributed by atoms with Crippen LogP contribution < -0.4 is 0 Å². The highest BCUT2D eigenvalue weighted by atomic mass is 14.8. The van der Waals surface area contributed by atoms with Gasteiger partial charge < -0.3 is 4.98 Å². The van der Waals surface area contributed by atoms with Crippen LogP contribution in [0, 0.1) is 0 Å². The molecule has 0 unspecified atom stereocenters. The van der Waals surface area contributed by atoms with E-state index in [9.17, 15) is 0 Å². The van der Waals surface area contributed by atoms with E-state index >= 15 is 0 Å². The first kappa shape index (κ1) is 8.76. The van der Waals surface area contributed by atoms with Gasteiger partial charge in [0.2, 0.25) is 0 Å². The number of hydrogen-bond donors (Lipinski definition) is 1. The number of fused-ring (bicyclic) bond motifs is 5. The highest BCUT2D eigenvalue weighted by Gasteiger charge is 2.07. The number of hydrogen-bond acceptors (Lipinski definition) is 1. The average molecular weight is 218 g/mol. The largest absolute Gasteiger partial charge is 0.353 e. The second-order valence-electron chi connectivity index (χ2n) is 4.24. The minimum absolute atomic E-state index is 1.05. The summed E-state index contributed by atoms with van der Waals surface area (Å²) in [4.78, 5) is 8.02. The molecule has 4 aromatic rings. The van der Waals surface area contributed by atoms with Crippen LogP contribution in [0.15, 0.2) is 54.7 Å². The topological polar surface area (TPSA) is 28.7 Å². The number of para-hydroxylation sites is 1. The van der Waals surface area contributed by atoms with Crippen molar-refractivity contribution in [3.8, 4) is 0 Å². The Labute approximate surface area is 97.9 Å². The second kappa shape index (κ2) is 3.08. The molecule has 1 N–H and O–H groups in total. The minimum Gasteiger partial charge on any atom is -0.353 e. The van der Waals surface area contributed by atoms with Gasteiger partial charge in [-0.25, -0.2) is 0 Å². The summed E-state index contributed by atoms with van der Waals surface area (Å²) in [7, 11) is 0. The lowest BCUT2D eigenvalue weighted by molar-refractivity contribution is 1.45. The zero-order chi connectivity index (χ0) is 11.2. The third kappa shape index (κ3) is 1.12. The molecule has 0 spiro atoms. The van der Waals surface area contributed by atoms with E-state index in [0.29, 0.717) is 0 Å². The van der Waals surface area contributed by atoms with Gasteiger partial charge in [0.05, 0.1) is 11.0 Å². The summed E-state index contributed by atoms with van der Waals surface area (Å²) in [6, 6.07) is 16.6. The van der Waals surface area contributed by atoms with Crippen molar-refractivity contribution in [3.05, 3.63) is 54.7 Å². The van der Waals surface area contributed by atoms with E-state index in [1.807, 2.05) is 24.4 Å². The predicted molar refractivity (Wildman–Crippen MR) is 71.1 cm³/mol. The molecule has 0 bridgehead atoms. The van der Waals surface area contributed by atoms with Gasteiger partial charge in [0.25, 0.3) is 0 Å². The molecular weight excluding hydrogens is 208 g/mol. The molecule has 0 fully saturated rings. The summed E-state index contributed by atoms with van der Waals surface area (Å²) in [5.74, 6) is 0. The molecule has 2 aromatic carbocycles. The fourth-order valence-electron chi connectivity index (χ4n) is 2.43. The first-order chi connectivity index (χ1) is 8.43. The Bertz CT molecular complexity index is 843. The monoisotopic (exact) mass is 218 g/mol. The number of pyridine rings is 1. The zero-order valence-corrected chi connectivity index (χ0v) is 9.14. The third-order valence-corrected chi connectivity index (χ3v) is 3.24. The van der Waals surface area contributed by atoms with Gasteiger partial charge >= 0.3 is 0 Å². The van der Waals surface area contributed by atoms with Gasteiger partial charge in [-0.3, -0.25) is 4.98 Å². The molecule has 0 saturated carbocycles. The van der Waals surface area contributed by atoms with Crippen molar-refractivity contribution >= 4 is 32.7 Å². The molecular formula is C15H10N2. The summed E-state index contributed by atoms with van der Waals surface area (Å²) in [6.07, 6.45) is 1.94. The summed E-state index contributed by atoms with van der Waals surface area (Å²) in [5, 5.41) is 3.59. The van der Waals surface area contributed by atoms with Gasteiger partial charge in [0.15, 0.2) is 0 Å². The molecule has 2 heterocycles. The maximum Gasteiger partial charge on any atom is 0.0964 e. The molecule has 0 amide bonds. The molecule has 4 rings (SSSR count). The van der Waals surface area contributed by atoms with Crippen LogP contribution in [-0.4, -0.2) is 9.97 Å². The normalized spacial score (nSPS) is 11.5. The van der Waals surface area contributed by atoms with Crippen molar-refractivity contribution in [1.29, 1.82) is 0 Å². The Morgan fingerprint density at radius 2 is 1.59 bits per heavy atom. The summed E-state index contributed by atoms with van der Waals surface area (Å²) < 4.78 is 0. The number of aromatic nitrogens is 2. The number of nitrogens with zero attached hydrogens (tertiary/aromatic N) is 1. The zero-order valence-electron chi connectivity index (χ0n) is 9.14. The van der Waals surface area contributed by atoms with E-state index in [4.69, 9.17) is 0 Å². The van der Waals surface area contributed by atoms with Gasteiger partial charge in [-0.1, -0.05) is 42.5 Å². The highest BCUT2D eigenvalue weighted by molar-refractivity contribution is 6.14. The fourth-order valence-corrected chi connectivity index (χ4v) is 2.43. The molecule has 17 heavy (non-hydrogen) atoms. The fraction of sp³-hybridized carbons (Fsp3) is 0. The van der Waals surface area contributed by atoms with Gasteiger partial charge in [-0.15, -0.1) is 0 Å². The van der Waals surface area contributed by atoms with Crippen molar-refractivity contribution in [3.63, 3.8) is 0 Å². The molecule has 2 heteroatoms. The van der Waals surface area contributed by atoms with Crippen molar-refractivity contribution in [2.75, 3.05) is 0 Å². The number of H-pyrrole nitrogens is 1. The predicted octanol–water partition coefficient (Wildman–Crippen LogP) is 3.87. The van der Waals surface area contributed by atoms with Crippen molar-refractivity contribution < 1.29 is 0 Å². The maximum atomic E-state index is 4.57. The molecule has 0 radical (unpaired) electrons. The first-order valence-corrected chi connectivity index (χ1v) is 5.68. The van der Waals surface area contributed by atoms with E-state index in [-0.39, 0.29) is 0 Å². The Balaban J connectivity index is 2.34. The van der Waals surface area contributed by atoms with E-state index in [0.717, 1.165) is 16.6 Å². The Morgan fingerprint density at radius 3 is 2.53 bits per heavy atom. The van der Waals surface area contributed by atoms with Crippen LogP contribution >= 0.6 is 0 Å². The van der Waals surface area contributed by atoms with E-state index in [1.54, 1.807) is 0 Å². The minimum atomic E-state index is 1.05. The molecule has 2 nitrogen and oxygen atoms in total. The van der Waals surface area contributed by atoms with Crippen LogP contribution in [0.2, 0.25) is 0 Å². The van der Waals surface area contributed by atoms with E-state index in [2.05, 4.69) is 40.3 Å². The Hall–Kier alpha value is -2.35. The van der Waals surface area contributed by atoms with Gasteiger partial charge in [-0.05, 0) is 6.07 Å². The molecule has 0 aliphatic heterocycles. The quantitative estimate of drug-likeness (QED) is 0.477. The van der Waals surface area contributed by atoms with E-state index in [1.165, 1.54) is 16.2 Å². The van der Waals surface area contributed by atoms with Crippen molar-refractivity contribution in [2.45, 2.75) is 0 Å². The van der Waals surface area contributed by atoms with Crippen molar-refractivity contribution in [2.24, 2.45) is 0 Å². The van der Waals surface area contributed by atoms with Gasteiger partial charge in [0.1, 0.15) is 0 Å². The molecule has 0 aliphatic rings. The molecule has 0 aliphatic carbocycles. The Morgan fingerprint density at radius 1 is 0.824 bits per heavy atom. The maximum absolute atomic E-state index is 4.57. The van der Waals surface area contributed by atoms with Crippen LogP contribution in [0.5, 0.6) is 0 Å². The number of rotatable bonds is 0. The SMILES string of the molecule is c1ccc2c(c1)cnc1c3ccccc3[nH]c21. The van der Waals surface area contributed by atoms with Crippen molar-refractivity contribution in [1.82, 2.24) is 9.97 Å². The number of aromatic amines is 1. The highest BCUT2D eigenvalue weighted by Crippen LogP contribution is 2.28. The lowest BCUT2D eigenvalue weighted by atomic mass is 10.1. The molecule has 0 atom stereocenters. The molecule has 0 saturated heterocycles. The van der Waals surface area contributed by atoms with Crippen LogP contribution in [-0.2, 0) is 0 Å². The molecule has 2 aromatic heterocycles.